The largest absolute Gasteiger partial charge is 0.497 e. The first kappa shape index (κ1) is 13.3. The summed E-state index contributed by atoms with van der Waals surface area (Å²) in [5.74, 6) is 0.840. The highest BCUT2D eigenvalue weighted by Gasteiger charge is 2.47. The summed E-state index contributed by atoms with van der Waals surface area (Å²) >= 11 is 0. The molecule has 1 N–H and O–H groups in total. The maximum absolute atomic E-state index is 9.71. The van der Waals surface area contributed by atoms with Crippen molar-refractivity contribution in [2.75, 3.05) is 41.0 Å². The van der Waals surface area contributed by atoms with Crippen molar-refractivity contribution < 1.29 is 14.6 Å². The molecule has 0 bridgehead atoms. The van der Waals surface area contributed by atoms with Gasteiger partial charge in [-0.05, 0) is 31.8 Å². The summed E-state index contributed by atoms with van der Waals surface area (Å²) in [5.41, 5.74) is 0.951. The molecular weight excluding hydrogens is 230 g/mol. The summed E-state index contributed by atoms with van der Waals surface area (Å²) in [6.45, 7) is 1.33. The smallest absolute Gasteiger partial charge is 0.119 e. The Morgan fingerprint density at radius 1 is 1.44 bits per heavy atom. The number of nitrogens with zero attached hydrogens (tertiary/aromatic N) is 1. The van der Waals surface area contributed by atoms with E-state index in [0.717, 1.165) is 11.3 Å². The van der Waals surface area contributed by atoms with Gasteiger partial charge in [-0.25, -0.2) is 0 Å². The van der Waals surface area contributed by atoms with E-state index in [1.165, 1.54) is 0 Å². The van der Waals surface area contributed by atoms with E-state index in [0.29, 0.717) is 13.2 Å². The van der Waals surface area contributed by atoms with Gasteiger partial charge in [0.25, 0.3) is 0 Å². The van der Waals surface area contributed by atoms with Gasteiger partial charge in [0.2, 0.25) is 0 Å². The van der Waals surface area contributed by atoms with E-state index in [1.807, 2.05) is 32.3 Å². The Balaban J connectivity index is 2.35. The Morgan fingerprint density at radius 2 is 2.17 bits per heavy atom. The second kappa shape index (κ2) is 5.26. The number of methoxy groups -OCH3 is 1. The lowest BCUT2D eigenvalue weighted by molar-refractivity contribution is -0.172. The predicted molar refractivity (Wildman–Crippen MR) is 69.8 cm³/mol. The van der Waals surface area contributed by atoms with Gasteiger partial charge >= 0.3 is 0 Å². The van der Waals surface area contributed by atoms with Crippen molar-refractivity contribution >= 4 is 0 Å². The van der Waals surface area contributed by atoms with Crippen LogP contribution in [0.1, 0.15) is 11.6 Å². The number of rotatable bonds is 5. The molecule has 0 saturated carbocycles. The Kier molecular flexibility index (Phi) is 3.90. The SMILES string of the molecule is COc1cccc(C(N(C)C)C2(CO)COC2)c1. The molecule has 100 valence electrons. The van der Waals surface area contributed by atoms with Gasteiger partial charge in [-0.2, -0.15) is 0 Å². The van der Waals surface area contributed by atoms with Crippen LogP contribution < -0.4 is 4.74 Å². The fourth-order valence-corrected chi connectivity index (χ4v) is 2.71. The van der Waals surface area contributed by atoms with E-state index < -0.39 is 0 Å². The zero-order valence-electron chi connectivity index (χ0n) is 11.2. The third kappa shape index (κ3) is 2.23. The van der Waals surface area contributed by atoms with Gasteiger partial charge in [0.15, 0.2) is 0 Å². The van der Waals surface area contributed by atoms with Gasteiger partial charge in [0.1, 0.15) is 5.75 Å². The molecule has 0 radical (unpaired) electrons. The molecule has 1 aromatic carbocycles. The van der Waals surface area contributed by atoms with Crippen molar-refractivity contribution in [1.29, 1.82) is 0 Å². The van der Waals surface area contributed by atoms with Gasteiger partial charge < -0.3 is 19.5 Å². The molecule has 0 amide bonds. The molecule has 1 aliphatic rings. The second-order valence-corrected chi connectivity index (χ2v) is 5.16. The molecule has 1 aromatic rings. The average Bonchev–Trinajstić information content (AvgIpc) is 2.33. The molecule has 4 nitrogen and oxygen atoms in total. The molecule has 1 fully saturated rings. The molecule has 4 heteroatoms. The maximum atomic E-state index is 9.71. The predicted octanol–water partition coefficient (Wildman–Crippen LogP) is 1.31. The lowest BCUT2D eigenvalue weighted by Crippen LogP contribution is -2.53. The average molecular weight is 251 g/mol. The van der Waals surface area contributed by atoms with Crippen LogP contribution in [0.3, 0.4) is 0 Å². The van der Waals surface area contributed by atoms with Crippen molar-refractivity contribution in [2.45, 2.75) is 6.04 Å². The Bertz CT molecular complexity index is 396. The normalized spacial score (nSPS) is 19.4. The minimum Gasteiger partial charge on any atom is -0.497 e. The molecule has 1 unspecified atom stereocenters. The Morgan fingerprint density at radius 3 is 2.61 bits per heavy atom. The minimum atomic E-state index is -0.199. The first-order valence-electron chi connectivity index (χ1n) is 6.12. The van der Waals surface area contributed by atoms with Crippen molar-refractivity contribution in [3.8, 4) is 5.75 Å². The number of aliphatic hydroxyl groups excluding tert-OH is 1. The van der Waals surface area contributed by atoms with Gasteiger partial charge in [-0.15, -0.1) is 0 Å². The van der Waals surface area contributed by atoms with Crippen LogP contribution in [0.4, 0.5) is 0 Å². The molecule has 1 aliphatic heterocycles. The van der Waals surface area contributed by atoms with E-state index in [2.05, 4.69) is 11.0 Å². The summed E-state index contributed by atoms with van der Waals surface area (Å²) in [6, 6.07) is 8.14. The highest BCUT2D eigenvalue weighted by molar-refractivity contribution is 5.32. The van der Waals surface area contributed by atoms with Gasteiger partial charge in [-0.3, -0.25) is 0 Å². The van der Waals surface area contributed by atoms with Gasteiger partial charge in [-0.1, -0.05) is 12.1 Å². The number of hydrogen-bond acceptors (Lipinski definition) is 4. The van der Waals surface area contributed by atoms with Crippen molar-refractivity contribution in [3.63, 3.8) is 0 Å². The van der Waals surface area contributed by atoms with Crippen molar-refractivity contribution in [1.82, 2.24) is 4.90 Å². The fraction of sp³-hybridized carbons (Fsp3) is 0.571. The van der Waals surface area contributed by atoms with Crippen LogP contribution in [-0.2, 0) is 4.74 Å². The summed E-state index contributed by atoms with van der Waals surface area (Å²) in [6.07, 6.45) is 0. The van der Waals surface area contributed by atoms with Crippen molar-refractivity contribution in [2.24, 2.45) is 5.41 Å². The first-order valence-corrected chi connectivity index (χ1v) is 6.12. The van der Waals surface area contributed by atoms with E-state index in [1.54, 1.807) is 7.11 Å². The molecule has 0 spiro atoms. The van der Waals surface area contributed by atoms with E-state index in [9.17, 15) is 5.11 Å². The second-order valence-electron chi connectivity index (χ2n) is 5.16. The van der Waals surface area contributed by atoms with Crippen LogP contribution in [0.5, 0.6) is 5.75 Å². The third-order valence-corrected chi connectivity index (χ3v) is 3.60. The minimum absolute atomic E-state index is 0.131. The Labute approximate surface area is 108 Å². The third-order valence-electron chi connectivity index (χ3n) is 3.60. The monoisotopic (exact) mass is 251 g/mol. The van der Waals surface area contributed by atoms with Crippen LogP contribution in [0.2, 0.25) is 0 Å². The van der Waals surface area contributed by atoms with E-state index in [4.69, 9.17) is 9.47 Å². The molecular formula is C14H21NO3. The van der Waals surface area contributed by atoms with Crippen LogP contribution >= 0.6 is 0 Å². The summed E-state index contributed by atoms with van der Waals surface area (Å²) in [7, 11) is 5.72. The van der Waals surface area contributed by atoms with E-state index >= 15 is 0 Å². The highest BCUT2D eigenvalue weighted by atomic mass is 16.5. The van der Waals surface area contributed by atoms with Crippen LogP contribution in [0.25, 0.3) is 0 Å². The number of aliphatic hydroxyl groups is 1. The zero-order valence-corrected chi connectivity index (χ0v) is 11.2. The number of hydrogen-bond donors (Lipinski definition) is 1. The lowest BCUT2D eigenvalue weighted by Gasteiger charge is -2.48. The van der Waals surface area contributed by atoms with Gasteiger partial charge in [0.05, 0.1) is 32.3 Å². The fourth-order valence-electron chi connectivity index (χ4n) is 2.71. The number of benzene rings is 1. The van der Waals surface area contributed by atoms with Crippen LogP contribution in [0.15, 0.2) is 24.3 Å². The van der Waals surface area contributed by atoms with Crippen LogP contribution in [0, 0.1) is 5.41 Å². The molecule has 1 saturated heterocycles. The van der Waals surface area contributed by atoms with Crippen LogP contribution in [-0.4, -0.2) is 51.0 Å². The van der Waals surface area contributed by atoms with Gasteiger partial charge in [0, 0.05) is 6.04 Å². The first-order chi connectivity index (χ1) is 8.63. The molecule has 2 rings (SSSR count). The molecule has 0 aliphatic carbocycles. The molecule has 0 aromatic heterocycles. The summed E-state index contributed by atoms with van der Waals surface area (Å²) < 4.78 is 10.6. The molecule has 1 heterocycles. The van der Waals surface area contributed by atoms with E-state index in [-0.39, 0.29) is 18.1 Å². The maximum Gasteiger partial charge on any atom is 0.119 e. The zero-order chi connectivity index (χ0) is 13.2. The quantitative estimate of drug-likeness (QED) is 0.856. The topological polar surface area (TPSA) is 41.9 Å². The highest BCUT2D eigenvalue weighted by Crippen LogP contribution is 2.43. The molecule has 18 heavy (non-hydrogen) atoms. The van der Waals surface area contributed by atoms with Crippen molar-refractivity contribution in [3.05, 3.63) is 29.8 Å². The lowest BCUT2D eigenvalue weighted by atomic mass is 9.75. The summed E-state index contributed by atoms with van der Waals surface area (Å²) in [5, 5.41) is 9.71. The standard InChI is InChI=1S/C14H21NO3/c1-15(2)13(14(8-16)9-18-10-14)11-5-4-6-12(7-11)17-3/h4-7,13,16H,8-10H2,1-3H3. The Hall–Kier alpha value is -1.10. The number of ether oxygens (including phenoxy) is 2. The molecule has 1 atom stereocenters. The summed E-state index contributed by atoms with van der Waals surface area (Å²) in [4.78, 5) is 2.13.